The van der Waals surface area contributed by atoms with E-state index in [-0.39, 0.29) is 11.9 Å². The minimum atomic E-state index is -0.592. The normalized spacial score (nSPS) is 14.5. The van der Waals surface area contributed by atoms with Crippen molar-refractivity contribution in [3.63, 3.8) is 0 Å². The van der Waals surface area contributed by atoms with Crippen LogP contribution in [0.1, 0.15) is 64.4 Å². The summed E-state index contributed by atoms with van der Waals surface area (Å²) in [6, 6.07) is 16.8. The zero-order valence-electron chi connectivity index (χ0n) is 22.6. The van der Waals surface area contributed by atoms with Crippen molar-refractivity contribution in [1.29, 1.82) is 0 Å². The van der Waals surface area contributed by atoms with Crippen molar-refractivity contribution in [2.24, 2.45) is 5.41 Å². The highest BCUT2D eigenvalue weighted by Gasteiger charge is 2.44. The number of fused-ring (bicyclic) bond motifs is 1. The van der Waals surface area contributed by atoms with Crippen molar-refractivity contribution in [3.8, 4) is 21.8 Å². The molecular formula is C30H35N5O3S. The number of amides is 1. The van der Waals surface area contributed by atoms with Gasteiger partial charge in [0, 0.05) is 34.7 Å². The summed E-state index contributed by atoms with van der Waals surface area (Å²) in [6.45, 7) is 5.21. The molecular weight excluding hydrogens is 510 g/mol. The molecule has 2 heterocycles. The summed E-state index contributed by atoms with van der Waals surface area (Å²) < 4.78 is 6.68. The van der Waals surface area contributed by atoms with Gasteiger partial charge in [0.05, 0.1) is 12.0 Å². The highest BCUT2D eigenvalue weighted by Crippen LogP contribution is 2.41. The first-order valence-electron chi connectivity index (χ1n) is 13.8. The number of nitrogens with one attached hydrogen (secondary N) is 1. The lowest BCUT2D eigenvalue weighted by molar-refractivity contribution is -0.157. The van der Waals surface area contributed by atoms with Crippen LogP contribution >= 0.6 is 11.3 Å². The van der Waals surface area contributed by atoms with Gasteiger partial charge in [0.1, 0.15) is 0 Å². The third kappa shape index (κ3) is 6.03. The van der Waals surface area contributed by atoms with Crippen LogP contribution in [0.15, 0.2) is 48.5 Å². The number of nitrogens with zero attached hydrogens (tertiary/aromatic N) is 4. The summed E-state index contributed by atoms with van der Waals surface area (Å²) in [5.74, 6) is 0.530. The molecule has 1 N–H and O–H groups in total. The second-order valence-corrected chi connectivity index (χ2v) is 11.4. The number of tetrazole rings is 1. The third-order valence-electron chi connectivity index (χ3n) is 7.59. The van der Waals surface area contributed by atoms with E-state index in [0.717, 1.165) is 60.6 Å². The number of hydrogen-bond donors (Lipinski definition) is 1. The molecule has 8 nitrogen and oxygen atoms in total. The Morgan fingerprint density at radius 2 is 1.82 bits per heavy atom. The predicted octanol–water partition coefficient (Wildman–Crippen LogP) is 6.39. The molecule has 1 amide bonds. The first-order chi connectivity index (χ1) is 19.0. The number of thiophene rings is 1. The first-order valence-corrected chi connectivity index (χ1v) is 14.6. The smallest absolute Gasteiger partial charge is 0.313 e. The van der Waals surface area contributed by atoms with Gasteiger partial charge in [0.25, 0.3) is 0 Å². The van der Waals surface area contributed by atoms with Gasteiger partial charge in [-0.1, -0.05) is 56.5 Å². The van der Waals surface area contributed by atoms with E-state index in [2.05, 4.69) is 63.9 Å². The molecule has 1 aliphatic rings. The molecule has 5 rings (SSSR count). The number of unbranched alkanes of at least 4 members (excludes halogenated alkanes) is 1. The van der Waals surface area contributed by atoms with Crippen LogP contribution in [0.3, 0.4) is 0 Å². The van der Waals surface area contributed by atoms with Crippen molar-refractivity contribution >= 4 is 33.3 Å². The Hall–Kier alpha value is -3.59. The van der Waals surface area contributed by atoms with Crippen molar-refractivity contribution in [2.75, 3.05) is 13.2 Å². The summed E-state index contributed by atoms with van der Waals surface area (Å²) in [5.41, 5.74) is 2.51. The van der Waals surface area contributed by atoms with Gasteiger partial charge < -0.3 is 9.64 Å². The van der Waals surface area contributed by atoms with Crippen LogP contribution in [0.25, 0.3) is 31.9 Å². The number of ether oxygens (including phenoxy) is 1. The Morgan fingerprint density at radius 3 is 2.51 bits per heavy atom. The molecule has 1 saturated carbocycles. The van der Waals surface area contributed by atoms with E-state index in [1.165, 1.54) is 9.58 Å². The van der Waals surface area contributed by atoms with Gasteiger partial charge in [-0.25, -0.2) is 0 Å². The van der Waals surface area contributed by atoms with Gasteiger partial charge in [-0.3, -0.25) is 9.59 Å². The molecule has 0 atom stereocenters. The highest BCUT2D eigenvalue weighted by atomic mass is 32.1. The number of aromatic nitrogens is 4. The van der Waals surface area contributed by atoms with Crippen molar-refractivity contribution < 1.29 is 14.3 Å². The molecule has 0 bridgehead atoms. The number of aromatic amines is 1. The van der Waals surface area contributed by atoms with Crippen LogP contribution < -0.4 is 0 Å². The molecule has 0 unspecified atom stereocenters. The number of carbonyl (C=O) groups is 2. The number of H-pyrrole nitrogens is 1. The molecule has 39 heavy (non-hydrogen) atoms. The molecule has 204 valence electrons. The van der Waals surface area contributed by atoms with Crippen LogP contribution in [-0.2, 0) is 20.9 Å². The van der Waals surface area contributed by atoms with E-state index < -0.39 is 5.41 Å². The number of hydrogen-bond acceptors (Lipinski definition) is 7. The maximum absolute atomic E-state index is 13.3. The van der Waals surface area contributed by atoms with E-state index in [1.807, 2.05) is 24.0 Å². The lowest BCUT2D eigenvalue weighted by atomic mass is 9.85. The molecule has 2 aromatic heterocycles. The van der Waals surface area contributed by atoms with Gasteiger partial charge in [-0.2, -0.15) is 5.21 Å². The van der Waals surface area contributed by atoms with Crippen molar-refractivity contribution in [2.45, 2.75) is 65.3 Å². The van der Waals surface area contributed by atoms with Gasteiger partial charge in [0.2, 0.25) is 11.7 Å². The van der Waals surface area contributed by atoms with Crippen LogP contribution in [-0.4, -0.2) is 50.6 Å². The molecule has 0 spiro atoms. The van der Waals surface area contributed by atoms with Crippen LogP contribution in [0.5, 0.6) is 0 Å². The van der Waals surface area contributed by atoms with Gasteiger partial charge in [-0.05, 0) is 66.1 Å². The summed E-state index contributed by atoms with van der Waals surface area (Å²) in [6.07, 6.45) is 5.86. The van der Waals surface area contributed by atoms with Crippen LogP contribution in [0.2, 0.25) is 0 Å². The molecule has 1 aliphatic carbocycles. The molecule has 4 aromatic rings. The van der Waals surface area contributed by atoms with Crippen molar-refractivity contribution in [3.05, 3.63) is 54.1 Å². The standard InChI is InChI=1S/C30H35N5O3S/c1-3-5-8-27(36)35(20-30(15-6-7-16-30)29(37)38-4-2)19-21-9-14-25-24(17-21)18-26(39-25)22-10-12-23(13-11-22)28-31-33-34-32-28/h9-14,17-18H,3-8,15-16,19-20H2,1-2H3,(H,31,32,33,34). The number of benzene rings is 2. The fraction of sp³-hybridized carbons (Fsp3) is 0.433. The SMILES string of the molecule is CCCCC(=O)N(Cc1ccc2sc(-c3ccc(-c4nn[nH]n4)cc3)cc2c1)CC1(C(=O)OCC)CCCC1. The Kier molecular flexibility index (Phi) is 8.35. The molecule has 1 fully saturated rings. The number of rotatable bonds is 11. The van der Waals surface area contributed by atoms with Gasteiger partial charge in [0.15, 0.2) is 0 Å². The maximum atomic E-state index is 13.3. The quantitative estimate of drug-likeness (QED) is 0.219. The second kappa shape index (κ2) is 12.1. The Balaban J connectivity index is 1.37. The Morgan fingerprint density at radius 1 is 1.05 bits per heavy atom. The van der Waals surface area contributed by atoms with E-state index in [9.17, 15) is 9.59 Å². The Labute approximate surface area is 232 Å². The summed E-state index contributed by atoms with van der Waals surface area (Å²) >= 11 is 1.74. The van der Waals surface area contributed by atoms with Crippen LogP contribution in [0.4, 0.5) is 0 Å². The predicted molar refractivity (Wildman–Crippen MR) is 153 cm³/mol. The minimum absolute atomic E-state index is 0.111. The van der Waals surface area contributed by atoms with Gasteiger partial charge >= 0.3 is 5.97 Å². The Bertz CT molecular complexity index is 1410. The maximum Gasteiger partial charge on any atom is 0.313 e. The van der Waals surface area contributed by atoms with E-state index in [0.29, 0.717) is 31.9 Å². The fourth-order valence-corrected chi connectivity index (χ4v) is 6.52. The topological polar surface area (TPSA) is 101 Å². The van der Waals surface area contributed by atoms with E-state index in [1.54, 1.807) is 11.3 Å². The van der Waals surface area contributed by atoms with Crippen molar-refractivity contribution in [1.82, 2.24) is 25.5 Å². The van der Waals surface area contributed by atoms with Gasteiger partial charge in [-0.15, -0.1) is 21.5 Å². The lowest BCUT2D eigenvalue weighted by Gasteiger charge is -2.34. The molecule has 2 aromatic carbocycles. The van der Waals surface area contributed by atoms with E-state index >= 15 is 0 Å². The average molecular weight is 546 g/mol. The zero-order chi connectivity index (χ0) is 27.2. The average Bonchev–Trinajstić information content (AvgIpc) is 3.73. The highest BCUT2D eigenvalue weighted by molar-refractivity contribution is 7.22. The fourth-order valence-electron chi connectivity index (χ4n) is 5.47. The lowest BCUT2D eigenvalue weighted by Crippen LogP contribution is -2.44. The molecule has 0 radical (unpaired) electrons. The summed E-state index contributed by atoms with van der Waals surface area (Å²) in [5, 5.41) is 15.3. The second-order valence-electron chi connectivity index (χ2n) is 10.4. The summed E-state index contributed by atoms with van der Waals surface area (Å²) in [7, 11) is 0. The van der Waals surface area contributed by atoms with Crippen LogP contribution in [0, 0.1) is 5.41 Å². The molecule has 0 saturated heterocycles. The molecule has 0 aliphatic heterocycles. The summed E-state index contributed by atoms with van der Waals surface area (Å²) in [4.78, 5) is 29.4. The van der Waals surface area contributed by atoms with E-state index in [4.69, 9.17) is 4.74 Å². The third-order valence-corrected chi connectivity index (χ3v) is 8.75. The minimum Gasteiger partial charge on any atom is -0.466 e. The number of carbonyl (C=O) groups excluding carboxylic acids is 2. The number of esters is 1. The zero-order valence-corrected chi connectivity index (χ0v) is 23.4. The first kappa shape index (κ1) is 27.0. The molecule has 9 heteroatoms. The largest absolute Gasteiger partial charge is 0.466 e. The monoisotopic (exact) mass is 545 g/mol.